The van der Waals surface area contributed by atoms with Gasteiger partial charge in [0.1, 0.15) is 5.75 Å². The second kappa shape index (κ2) is 4.76. The van der Waals surface area contributed by atoms with Crippen molar-refractivity contribution < 1.29 is 9.66 Å². The molecule has 0 saturated carbocycles. The van der Waals surface area contributed by atoms with Crippen molar-refractivity contribution in [3.63, 3.8) is 0 Å². The topological polar surface area (TPSA) is 52.4 Å². The highest BCUT2D eigenvalue weighted by atomic mass is 79.9. The Labute approximate surface area is 89.5 Å². The fourth-order valence-corrected chi connectivity index (χ4v) is 1.30. The smallest absolute Gasteiger partial charge is 0.235 e. The van der Waals surface area contributed by atoms with Crippen molar-refractivity contribution in [3.8, 4) is 5.75 Å². The molecule has 0 aromatic heterocycles. The molecule has 4 nitrogen and oxygen atoms in total. The normalized spacial score (nSPS) is 10.4. The molecule has 0 atom stereocenters. The first-order chi connectivity index (χ1) is 6.63. The van der Waals surface area contributed by atoms with Gasteiger partial charge in [-0.05, 0) is 18.2 Å². The zero-order valence-corrected chi connectivity index (χ0v) is 9.02. The molecule has 0 aliphatic rings. The Hall–Kier alpha value is -1.36. The van der Waals surface area contributed by atoms with Crippen molar-refractivity contribution >= 4 is 22.0 Å². The summed E-state index contributed by atoms with van der Waals surface area (Å²) in [5.41, 5.74) is 0.674. The van der Waals surface area contributed by atoms with Crippen LogP contribution in [0.25, 0.3) is 6.08 Å². The van der Waals surface area contributed by atoms with E-state index in [1.807, 2.05) is 0 Å². The van der Waals surface area contributed by atoms with Gasteiger partial charge in [0.15, 0.2) is 0 Å². The maximum atomic E-state index is 10.1. The van der Waals surface area contributed by atoms with Crippen LogP contribution in [0.5, 0.6) is 5.75 Å². The SMILES string of the molecule is COc1cc(Br)ccc1/C=C/[N+](=O)[O-]. The van der Waals surface area contributed by atoms with Crippen molar-refractivity contribution in [2.75, 3.05) is 7.11 Å². The molecule has 0 aliphatic carbocycles. The van der Waals surface area contributed by atoms with E-state index in [1.165, 1.54) is 13.2 Å². The summed E-state index contributed by atoms with van der Waals surface area (Å²) in [6, 6.07) is 5.28. The lowest BCUT2D eigenvalue weighted by molar-refractivity contribution is -0.400. The van der Waals surface area contributed by atoms with E-state index < -0.39 is 4.92 Å². The van der Waals surface area contributed by atoms with Crippen LogP contribution in [0.2, 0.25) is 0 Å². The van der Waals surface area contributed by atoms with Gasteiger partial charge in [-0.3, -0.25) is 10.1 Å². The number of rotatable bonds is 3. The molecule has 0 radical (unpaired) electrons. The molecule has 0 unspecified atom stereocenters. The Morgan fingerprint density at radius 2 is 2.29 bits per heavy atom. The third-order valence-corrected chi connectivity index (χ3v) is 2.06. The summed E-state index contributed by atoms with van der Waals surface area (Å²) in [5, 5.41) is 10.1. The molecule has 0 heterocycles. The van der Waals surface area contributed by atoms with Crippen LogP contribution in [0, 0.1) is 10.1 Å². The lowest BCUT2D eigenvalue weighted by Gasteiger charge is -2.03. The molecular weight excluding hydrogens is 250 g/mol. The molecule has 0 saturated heterocycles. The number of hydrogen-bond acceptors (Lipinski definition) is 3. The van der Waals surface area contributed by atoms with Crippen molar-refractivity contribution in [2.45, 2.75) is 0 Å². The van der Waals surface area contributed by atoms with Crippen molar-refractivity contribution in [3.05, 3.63) is 44.5 Å². The lowest BCUT2D eigenvalue weighted by Crippen LogP contribution is -1.88. The van der Waals surface area contributed by atoms with Gasteiger partial charge in [-0.15, -0.1) is 0 Å². The number of halogens is 1. The summed E-state index contributed by atoms with van der Waals surface area (Å²) < 4.78 is 5.92. The fraction of sp³-hybridized carbons (Fsp3) is 0.111. The molecular formula is C9H8BrNO3. The first-order valence-corrected chi connectivity index (χ1v) is 4.58. The highest BCUT2D eigenvalue weighted by molar-refractivity contribution is 9.10. The molecule has 0 fully saturated rings. The summed E-state index contributed by atoms with van der Waals surface area (Å²) in [6.07, 6.45) is 2.27. The zero-order chi connectivity index (χ0) is 10.6. The standard InChI is InChI=1S/C9H8BrNO3/c1-14-9-6-8(10)3-2-7(9)4-5-11(12)13/h2-6H,1H3/b5-4+. The van der Waals surface area contributed by atoms with Crippen molar-refractivity contribution in [1.82, 2.24) is 0 Å². The maximum Gasteiger partial charge on any atom is 0.235 e. The number of hydrogen-bond donors (Lipinski definition) is 0. The summed E-state index contributed by atoms with van der Waals surface area (Å²) >= 11 is 3.28. The van der Waals surface area contributed by atoms with E-state index in [0.717, 1.165) is 10.7 Å². The minimum absolute atomic E-state index is 0.512. The predicted octanol–water partition coefficient (Wildman–Crippen LogP) is 2.71. The lowest BCUT2D eigenvalue weighted by atomic mass is 10.2. The number of nitro groups is 1. The third-order valence-electron chi connectivity index (χ3n) is 1.57. The Morgan fingerprint density at radius 1 is 1.57 bits per heavy atom. The summed E-state index contributed by atoms with van der Waals surface area (Å²) in [4.78, 5) is 9.60. The Morgan fingerprint density at radius 3 is 2.86 bits per heavy atom. The molecule has 1 aromatic carbocycles. The Balaban J connectivity index is 3.02. The quantitative estimate of drug-likeness (QED) is 0.618. The molecule has 0 bridgehead atoms. The van der Waals surface area contributed by atoms with E-state index in [2.05, 4.69) is 15.9 Å². The van der Waals surface area contributed by atoms with Gasteiger partial charge in [-0.25, -0.2) is 0 Å². The molecule has 5 heteroatoms. The van der Waals surface area contributed by atoms with Crippen LogP contribution in [0.3, 0.4) is 0 Å². The van der Waals surface area contributed by atoms with E-state index >= 15 is 0 Å². The molecule has 0 N–H and O–H groups in total. The van der Waals surface area contributed by atoms with E-state index in [1.54, 1.807) is 18.2 Å². The highest BCUT2D eigenvalue weighted by Gasteiger charge is 2.01. The number of benzene rings is 1. The highest BCUT2D eigenvalue weighted by Crippen LogP contribution is 2.24. The summed E-state index contributed by atoms with van der Waals surface area (Å²) in [5.74, 6) is 0.595. The van der Waals surface area contributed by atoms with E-state index in [0.29, 0.717) is 11.3 Å². The predicted molar refractivity (Wildman–Crippen MR) is 56.7 cm³/mol. The minimum atomic E-state index is -0.512. The monoisotopic (exact) mass is 257 g/mol. The van der Waals surface area contributed by atoms with Crippen LogP contribution in [0.4, 0.5) is 0 Å². The largest absolute Gasteiger partial charge is 0.496 e. The van der Waals surface area contributed by atoms with Crippen LogP contribution >= 0.6 is 15.9 Å². The number of methoxy groups -OCH3 is 1. The average molecular weight is 258 g/mol. The van der Waals surface area contributed by atoms with Crippen LogP contribution in [-0.2, 0) is 0 Å². The van der Waals surface area contributed by atoms with Crippen molar-refractivity contribution in [2.24, 2.45) is 0 Å². The van der Waals surface area contributed by atoms with Gasteiger partial charge < -0.3 is 4.74 Å². The number of ether oxygens (including phenoxy) is 1. The summed E-state index contributed by atoms with van der Waals surface area (Å²) in [7, 11) is 1.52. The molecule has 14 heavy (non-hydrogen) atoms. The fourth-order valence-electron chi connectivity index (χ4n) is 0.964. The van der Waals surface area contributed by atoms with E-state index in [9.17, 15) is 10.1 Å². The average Bonchev–Trinajstić information content (AvgIpc) is 2.15. The molecule has 1 rings (SSSR count). The van der Waals surface area contributed by atoms with Gasteiger partial charge in [0, 0.05) is 16.1 Å². The first kappa shape index (κ1) is 10.7. The Kier molecular flexibility index (Phi) is 3.64. The third kappa shape index (κ3) is 2.85. The van der Waals surface area contributed by atoms with E-state index in [4.69, 9.17) is 4.74 Å². The van der Waals surface area contributed by atoms with E-state index in [-0.39, 0.29) is 0 Å². The molecule has 0 spiro atoms. The van der Waals surface area contributed by atoms with Crippen LogP contribution in [0.1, 0.15) is 5.56 Å². The zero-order valence-electron chi connectivity index (χ0n) is 7.44. The molecule has 74 valence electrons. The van der Waals surface area contributed by atoms with Gasteiger partial charge in [0.05, 0.1) is 12.0 Å². The molecule has 1 aromatic rings. The second-order valence-corrected chi connectivity index (χ2v) is 3.40. The number of nitrogens with zero attached hydrogens (tertiary/aromatic N) is 1. The molecule has 0 amide bonds. The van der Waals surface area contributed by atoms with Gasteiger partial charge in [-0.2, -0.15) is 0 Å². The second-order valence-electron chi connectivity index (χ2n) is 2.49. The Bertz CT molecular complexity index is 376. The molecule has 0 aliphatic heterocycles. The maximum absolute atomic E-state index is 10.1. The van der Waals surface area contributed by atoms with Gasteiger partial charge in [0.25, 0.3) is 0 Å². The van der Waals surface area contributed by atoms with Gasteiger partial charge in [-0.1, -0.05) is 15.9 Å². The minimum Gasteiger partial charge on any atom is -0.496 e. The summed E-state index contributed by atoms with van der Waals surface area (Å²) in [6.45, 7) is 0. The van der Waals surface area contributed by atoms with Crippen LogP contribution < -0.4 is 4.74 Å². The van der Waals surface area contributed by atoms with Gasteiger partial charge >= 0.3 is 0 Å². The van der Waals surface area contributed by atoms with Gasteiger partial charge in [0.2, 0.25) is 6.20 Å². The first-order valence-electron chi connectivity index (χ1n) is 3.78. The van der Waals surface area contributed by atoms with Crippen LogP contribution in [0.15, 0.2) is 28.9 Å². The van der Waals surface area contributed by atoms with Crippen molar-refractivity contribution in [1.29, 1.82) is 0 Å². The van der Waals surface area contributed by atoms with Crippen LogP contribution in [-0.4, -0.2) is 12.0 Å².